The van der Waals surface area contributed by atoms with Crippen molar-refractivity contribution in [3.05, 3.63) is 40.9 Å². The van der Waals surface area contributed by atoms with E-state index in [1.165, 1.54) is 5.56 Å². The highest BCUT2D eigenvalue weighted by Crippen LogP contribution is 2.28. The summed E-state index contributed by atoms with van der Waals surface area (Å²) in [7, 11) is 0. The van der Waals surface area contributed by atoms with Gasteiger partial charge in [-0.1, -0.05) is 51.1 Å². The van der Waals surface area contributed by atoms with Gasteiger partial charge in [-0.2, -0.15) is 0 Å². The molecule has 0 saturated carbocycles. The van der Waals surface area contributed by atoms with Crippen LogP contribution in [0.25, 0.3) is 5.70 Å². The summed E-state index contributed by atoms with van der Waals surface area (Å²) < 4.78 is 0. The van der Waals surface area contributed by atoms with E-state index >= 15 is 0 Å². The number of rotatable bonds is 1. The van der Waals surface area contributed by atoms with Crippen LogP contribution in [-0.4, -0.2) is 0 Å². The molecule has 76 valence electrons. The van der Waals surface area contributed by atoms with Gasteiger partial charge in [-0.15, -0.1) is 0 Å². The first kappa shape index (κ1) is 11.1. The highest BCUT2D eigenvalue weighted by molar-refractivity contribution is 6.32. The SMILES string of the molecule is C=C(N)c1ccc(C(C)(C)C)cc1Cl. The second-order valence-electron chi connectivity index (χ2n) is 4.47. The highest BCUT2D eigenvalue weighted by Gasteiger charge is 2.14. The molecule has 0 spiro atoms. The second-order valence-corrected chi connectivity index (χ2v) is 4.88. The van der Waals surface area contributed by atoms with E-state index in [-0.39, 0.29) is 5.41 Å². The Hall–Kier alpha value is -0.950. The maximum Gasteiger partial charge on any atom is 0.0501 e. The third-order valence-corrected chi connectivity index (χ3v) is 2.49. The van der Waals surface area contributed by atoms with Crippen molar-refractivity contribution in [2.24, 2.45) is 5.73 Å². The zero-order chi connectivity index (χ0) is 10.9. The van der Waals surface area contributed by atoms with Crippen molar-refractivity contribution >= 4 is 17.3 Å². The number of halogens is 1. The van der Waals surface area contributed by atoms with Gasteiger partial charge in [0.1, 0.15) is 0 Å². The predicted molar refractivity (Wildman–Crippen MR) is 63.4 cm³/mol. The van der Waals surface area contributed by atoms with Crippen molar-refractivity contribution in [3.63, 3.8) is 0 Å². The first-order chi connectivity index (χ1) is 6.32. The zero-order valence-electron chi connectivity index (χ0n) is 8.89. The maximum absolute atomic E-state index is 6.09. The van der Waals surface area contributed by atoms with E-state index in [0.29, 0.717) is 10.7 Å². The molecule has 0 unspecified atom stereocenters. The van der Waals surface area contributed by atoms with Crippen molar-refractivity contribution in [2.75, 3.05) is 0 Å². The van der Waals surface area contributed by atoms with Crippen molar-refractivity contribution in [3.8, 4) is 0 Å². The Kier molecular flexibility index (Phi) is 2.91. The summed E-state index contributed by atoms with van der Waals surface area (Å²) in [5.74, 6) is 0. The van der Waals surface area contributed by atoms with Gasteiger partial charge < -0.3 is 5.73 Å². The van der Waals surface area contributed by atoms with Crippen molar-refractivity contribution in [2.45, 2.75) is 26.2 Å². The van der Waals surface area contributed by atoms with Crippen LogP contribution in [0.15, 0.2) is 24.8 Å². The van der Waals surface area contributed by atoms with Gasteiger partial charge >= 0.3 is 0 Å². The Morgan fingerprint density at radius 1 is 1.36 bits per heavy atom. The maximum atomic E-state index is 6.09. The van der Waals surface area contributed by atoms with Gasteiger partial charge in [0.25, 0.3) is 0 Å². The summed E-state index contributed by atoms with van der Waals surface area (Å²) >= 11 is 6.09. The standard InChI is InChI=1S/C12H16ClN/c1-8(14)10-6-5-9(7-11(10)13)12(2,3)4/h5-7H,1,14H2,2-4H3. The quantitative estimate of drug-likeness (QED) is 0.752. The van der Waals surface area contributed by atoms with E-state index in [1.807, 2.05) is 18.2 Å². The zero-order valence-corrected chi connectivity index (χ0v) is 9.65. The number of benzene rings is 1. The number of nitrogens with two attached hydrogens (primary N) is 1. The fourth-order valence-corrected chi connectivity index (χ4v) is 1.54. The first-order valence-corrected chi connectivity index (χ1v) is 4.95. The van der Waals surface area contributed by atoms with Crippen LogP contribution in [0.1, 0.15) is 31.9 Å². The largest absolute Gasteiger partial charge is 0.399 e. The number of hydrogen-bond acceptors (Lipinski definition) is 1. The van der Waals surface area contributed by atoms with Gasteiger partial charge in [-0.05, 0) is 17.0 Å². The van der Waals surface area contributed by atoms with Gasteiger partial charge in [0.2, 0.25) is 0 Å². The molecule has 0 saturated heterocycles. The summed E-state index contributed by atoms with van der Waals surface area (Å²) in [6.45, 7) is 10.1. The lowest BCUT2D eigenvalue weighted by Crippen LogP contribution is -2.11. The fraction of sp³-hybridized carbons (Fsp3) is 0.333. The van der Waals surface area contributed by atoms with E-state index in [2.05, 4.69) is 27.4 Å². The van der Waals surface area contributed by atoms with Crippen molar-refractivity contribution in [1.82, 2.24) is 0 Å². The molecule has 0 atom stereocenters. The molecule has 1 aromatic rings. The minimum atomic E-state index is 0.109. The van der Waals surface area contributed by atoms with Gasteiger partial charge in [-0.25, -0.2) is 0 Å². The fourth-order valence-electron chi connectivity index (χ4n) is 1.24. The lowest BCUT2D eigenvalue weighted by atomic mass is 9.86. The summed E-state index contributed by atoms with van der Waals surface area (Å²) in [5, 5.41) is 0.671. The Morgan fingerprint density at radius 2 is 1.93 bits per heavy atom. The Morgan fingerprint density at radius 3 is 2.29 bits per heavy atom. The monoisotopic (exact) mass is 209 g/mol. The van der Waals surface area contributed by atoms with E-state index in [1.54, 1.807) is 0 Å². The Bertz CT molecular complexity index is 361. The Labute approximate surface area is 90.6 Å². The van der Waals surface area contributed by atoms with Gasteiger partial charge in [0, 0.05) is 11.3 Å². The molecule has 0 amide bonds. The molecular weight excluding hydrogens is 194 g/mol. The third kappa shape index (κ3) is 2.30. The van der Waals surface area contributed by atoms with Crippen LogP contribution >= 0.6 is 11.6 Å². The van der Waals surface area contributed by atoms with Gasteiger partial charge in [0.15, 0.2) is 0 Å². The molecule has 0 aliphatic carbocycles. The molecule has 1 nitrogen and oxygen atoms in total. The van der Waals surface area contributed by atoms with Crippen LogP contribution in [0, 0.1) is 0 Å². The lowest BCUT2D eigenvalue weighted by Gasteiger charge is -2.20. The van der Waals surface area contributed by atoms with Crippen molar-refractivity contribution in [1.29, 1.82) is 0 Å². The molecule has 1 aromatic carbocycles. The summed E-state index contributed by atoms with van der Waals surface area (Å²) in [5.41, 5.74) is 8.23. The van der Waals surface area contributed by atoms with Crippen LogP contribution in [0.3, 0.4) is 0 Å². The van der Waals surface area contributed by atoms with Gasteiger partial charge in [0.05, 0.1) is 5.02 Å². The third-order valence-electron chi connectivity index (χ3n) is 2.18. The molecule has 0 fully saturated rings. The molecule has 2 heteroatoms. The average molecular weight is 210 g/mol. The average Bonchev–Trinajstić information content (AvgIpc) is 2.01. The molecule has 0 bridgehead atoms. The van der Waals surface area contributed by atoms with Crippen LogP contribution in [0.2, 0.25) is 5.02 Å². The molecule has 0 radical (unpaired) electrons. The molecule has 0 aliphatic rings. The topological polar surface area (TPSA) is 26.0 Å². The predicted octanol–water partition coefficient (Wildman–Crippen LogP) is 3.57. The van der Waals surface area contributed by atoms with E-state index in [0.717, 1.165) is 5.56 Å². The molecule has 1 rings (SSSR count). The summed E-state index contributed by atoms with van der Waals surface area (Å²) in [6.07, 6.45) is 0. The van der Waals surface area contributed by atoms with Gasteiger partial charge in [-0.3, -0.25) is 0 Å². The van der Waals surface area contributed by atoms with Crippen molar-refractivity contribution < 1.29 is 0 Å². The van der Waals surface area contributed by atoms with Crippen LogP contribution < -0.4 is 5.73 Å². The highest BCUT2D eigenvalue weighted by atomic mass is 35.5. The second kappa shape index (κ2) is 3.66. The minimum Gasteiger partial charge on any atom is -0.399 e. The summed E-state index contributed by atoms with van der Waals surface area (Å²) in [6, 6.07) is 5.92. The normalized spacial score (nSPS) is 11.4. The first-order valence-electron chi connectivity index (χ1n) is 4.57. The van der Waals surface area contributed by atoms with Crippen LogP contribution in [0.5, 0.6) is 0 Å². The molecular formula is C12H16ClN. The van der Waals surface area contributed by atoms with Crippen LogP contribution in [-0.2, 0) is 5.41 Å². The molecule has 0 aromatic heterocycles. The molecule has 0 heterocycles. The van der Waals surface area contributed by atoms with E-state index in [4.69, 9.17) is 17.3 Å². The lowest BCUT2D eigenvalue weighted by molar-refractivity contribution is 0.590. The number of hydrogen-bond donors (Lipinski definition) is 1. The van der Waals surface area contributed by atoms with Crippen LogP contribution in [0.4, 0.5) is 0 Å². The molecule has 2 N–H and O–H groups in total. The Balaban J connectivity index is 3.20. The minimum absolute atomic E-state index is 0.109. The summed E-state index contributed by atoms with van der Waals surface area (Å²) in [4.78, 5) is 0. The molecule has 14 heavy (non-hydrogen) atoms. The van der Waals surface area contributed by atoms with E-state index in [9.17, 15) is 0 Å². The smallest absolute Gasteiger partial charge is 0.0501 e. The molecule has 0 aliphatic heterocycles. The van der Waals surface area contributed by atoms with E-state index < -0.39 is 0 Å².